The molecule has 0 saturated carbocycles. The van der Waals surface area contributed by atoms with Crippen LogP contribution in [0.1, 0.15) is 35.3 Å². The molecule has 120 valence electrons. The van der Waals surface area contributed by atoms with Crippen LogP contribution in [0.4, 0.5) is 5.69 Å². The number of hydrogen-bond acceptors (Lipinski definition) is 3. The van der Waals surface area contributed by atoms with Gasteiger partial charge in [-0.05, 0) is 75.2 Å². The van der Waals surface area contributed by atoms with Gasteiger partial charge in [-0.3, -0.25) is 9.59 Å². The summed E-state index contributed by atoms with van der Waals surface area (Å²) in [7, 11) is 0. The van der Waals surface area contributed by atoms with Crippen LogP contribution < -0.4 is 5.32 Å². The Hall–Kier alpha value is -2.07. The van der Waals surface area contributed by atoms with E-state index in [0.29, 0.717) is 11.3 Å². The van der Waals surface area contributed by atoms with Crippen molar-refractivity contribution in [3.8, 4) is 0 Å². The van der Waals surface area contributed by atoms with Crippen molar-refractivity contribution < 1.29 is 9.59 Å². The van der Waals surface area contributed by atoms with Crippen LogP contribution in [-0.2, 0) is 4.79 Å². The van der Waals surface area contributed by atoms with Crippen molar-refractivity contribution in [2.75, 3.05) is 5.32 Å². The molecule has 3 nitrogen and oxygen atoms in total. The molecule has 0 aliphatic carbocycles. The summed E-state index contributed by atoms with van der Waals surface area (Å²) >= 11 is 1.54. The Bertz CT molecular complexity index is 723. The summed E-state index contributed by atoms with van der Waals surface area (Å²) in [4.78, 5) is 24.6. The molecule has 23 heavy (non-hydrogen) atoms. The normalized spacial score (nSPS) is 11.8. The molecule has 0 aliphatic rings. The lowest BCUT2D eigenvalue weighted by Gasteiger charge is -2.13. The summed E-state index contributed by atoms with van der Waals surface area (Å²) < 4.78 is 0. The van der Waals surface area contributed by atoms with Gasteiger partial charge in [0.05, 0.1) is 5.25 Å². The van der Waals surface area contributed by atoms with Gasteiger partial charge in [0, 0.05) is 16.1 Å². The summed E-state index contributed by atoms with van der Waals surface area (Å²) in [5.41, 5.74) is 3.81. The predicted molar refractivity (Wildman–Crippen MR) is 96.3 cm³/mol. The molecule has 2 rings (SSSR count). The lowest BCUT2D eigenvalue weighted by atomic mass is 10.1. The summed E-state index contributed by atoms with van der Waals surface area (Å²) in [6.07, 6.45) is 0. The van der Waals surface area contributed by atoms with Gasteiger partial charge in [0.25, 0.3) is 0 Å². The van der Waals surface area contributed by atoms with Crippen LogP contribution in [0.15, 0.2) is 47.4 Å². The molecule has 4 heteroatoms. The van der Waals surface area contributed by atoms with Crippen LogP contribution in [-0.4, -0.2) is 16.9 Å². The zero-order valence-corrected chi connectivity index (χ0v) is 14.7. The van der Waals surface area contributed by atoms with Crippen molar-refractivity contribution in [3.63, 3.8) is 0 Å². The maximum absolute atomic E-state index is 12.3. The molecule has 0 heterocycles. The van der Waals surface area contributed by atoms with Crippen LogP contribution in [0.25, 0.3) is 0 Å². The largest absolute Gasteiger partial charge is 0.325 e. The molecule has 0 aromatic heterocycles. The molecule has 2 aromatic carbocycles. The highest BCUT2D eigenvalue weighted by atomic mass is 32.2. The topological polar surface area (TPSA) is 46.2 Å². The Labute approximate surface area is 141 Å². The van der Waals surface area contributed by atoms with Gasteiger partial charge < -0.3 is 5.32 Å². The lowest BCUT2D eigenvalue weighted by Crippen LogP contribution is -2.22. The molecule has 0 bridgehead atoms. The van der Waals surface area contributed by atoms with Gasteiger partial charge in [-0.25, -0.2) is 0 Å². The third-order valence-electron chi connectivity index (χ3n) is 3.72. The first kappa shape index (κ1) is 17.3. The van der Waals surface area contributed by atoms with E-state index in [0.717, 1.165) is 4.90 Å². The standard InChI is InChI=1S/C19H21NO2S/c1-12-5-10-18(11-13(12)2)23-15(4)19(22)20-17-8-6-16(7-9-17)14(3)21/h5-11,15H,1-4H3,(H,20,22). The summed E-state index contributed by atoms with van der Waals surface area (Å²) in [5, 5.41) is 2.68. The van der Waals surface area contributed by atoms with Crippen molar-refractivity contribution in [2.45, 2.75) is 37.8 Å². The molecular weight excluding hydrogens is 306 g/mol. The van der Waals surface area contributed by atoms with Gasteiger partial charge in [0.15, 0.2) is 5.78 Å². The minimum absolute atomic E-state index is 0.0153. The van der Waals surface area contributed by atoms with Crippen molar-refractivity contribution in [1.29, 1.82) is 0 Å². The average molecular weight is 327 g/mol. The Morgan fingerprint density at radius 2 is 1.65 bits per heavy atom. The van der Waals surface area contributed by atoms with E-state index in [9.17, 15) is 9.59 Å². The molecule has 0 aliphatic heterocycles. The smallest absolute Gasteiger partial charge is 0.237 e. The van der Waals surface area contributed by atoms with Gasteiger partial charge in [0.1, 0.15) is 0 Å². The summed E-state index contributed by atoms with van der Waals surface area (Å²) in [6.45, 7) is 7.56. The number of nitrogens with one attached hydrogen (secondary N) is 1. The van der Waals surface area contributed by atoms with Gasteiger partial charge >= 0.3 is 0 Å². The zero-order valence-electron chi connectivity index (χ0n) is 13.8. The highest BCUT2D eigenvalue weighted by Crippen LogP contribution is 2.26. The van der Waals surface area contributed by atoms with E-state index in [2.05, 4.69) is 31.3 Å². The van der Waals surface area contributed by atoms with Crippen LogP contribution in [0, 0.1) is 13.8 Å². The van der Waals surface area contributed by atoms with E-state index in [4.69, 9.17) is 0 Å². The number of Topliss-reactive ketones (excluding diaryl/α,β-unsaturated/α-hetero) is 1. The molecule has 1 atom stereocenters. The van der Waals surface area contributed by atoms with Gasteiger partial charge in [-0.15, -0.1) is 11.8 Å². The van der Waals surface area contributed by atoms with Gasteiger partial charge in [-0.2, -0.15) is 0 Å². The fourth-order valence-electron chi connectivity index (χ4n) is 2.08. The summed E-state index contributed by atoms with van der Waals surface area (Å²) in [6, 6.07) is 13.2. The average Bonchev–Trinajstić information content (AvgIpc) is 2.51. The van der Waals surface area contributed by atoms with E-state index < -0.39 is 0 Å². The van der Waals surface area contributed by atoms with Crippen molar-refractivity contribution in [2.24, 2.45) is 0 Å². The monoisotopic (exact) mass is 327 g/mol. The molecule has 2 aromatic rings. The second kappa shape index (κ2) is 7.47. The maximum Gasteiger partial charge on any atom is 0.237 e. The molecular formula is C19H21NO2S. The highest BCUT2D eigenvalue weighted by Gasteiger charge is 2.15. The number of carbonyl (C=O) groups is 2. The molecule has 0 saturated heterocycles. The fraction of sp³-hybridized carbons (Fsp3) is 0.263. The maximum atomic E-state index is 12.3. The van der Waals surface area contributed by atoms with Crippen LogP contribution in [0.5, 0.6) is 0 Å². The van der Waals surface area contributed by atoms with Gasteiger partial charge in [0.2, 0.25) is 5.91 Å². The number of hydrogen-bond donors (Lipinski definition) is 1. The number of amides is 1. The van der Waals surface area contributed by atoms with E-state index in [-0.39, 0.29) is 16.9 Å². The van der Waals surface area contributed by atoms with Gasteiger partial charge in [-0.1, -0.05) is 6.07 Å². The van der Waals surface area contributed by atoms with E-state index in [1.807, 2.05) is 13.0 Å². The minimum Gasteiger partial charge on any atom is -0.325 e. The Balaban J connectivity index is 1.99. The molecule has 0 spiro atoms. The lowest BCUT2D eigenvalue weighted by molar-refractivity contribution is -0.115. The van der Waals surface area contributed by atoms with Crippen molar-refractivity contribution in [1.82, 2.24) is 0 Å². The molecule has 0 radical (unpaired) electrons. The number of thioether (sulfide) groups is 1. The second-order valence-corrected chi connectivity index (χ2v) is 7.04. The first-order valence-corrected chi connectivity index (χ1v) is 8.40. The number of benzene rings is 2. The van der Waals surface area contributed by atoms with E-state index in [1.54, 1.807) is 24.3 Å². The SMILES string of the molecule is CC(=O)c1ccc(NC(=O)C(C)Sc2ccc(C)c(C)c2)cc1. The number of rotatable bonds is 5. The van der Waals surface area contributed by atoms with E-state index in [1.165, 1.54) is 29.8 Å². The zero-order chi connectivity index (χ0) is 17.0. The van der Waals surface area contributed by atoms with E-state index >= 15 is 0 Å². The molecule has 1 amide bonds. The Morgan fingerprint density at radius 1 is 1.00 bits per heavy atom. The molecule has 1 unspecified atom stereocenters. The van der Waals surface area contributed by atoms with Crippen LogP contribution in [0.3, 0.4) is 0 Å². The first-order chi connectivity index (χ1) is 10.9. The van der Waals surface area contributed by atoms with Crippen LogP contribution >= 0.6 is 11.8 Å². The third-order valence-corrected chi connectivity index (χ3v) is 4.81. The Morgan fingerprint density at radius 3 is 2.22 bits per heavy atom. The molecule has 1 N–H and O–H groups in total. The number of ketones is 1. The minimum atomic E-state index is -0.204. The van der Waals surface area contributed by atoms with Crippen molar-refractivity contribution in [3.05, 3.63) is 59.2 Å². The number of aryl methyl sites for hydroxylation is 2. The number of carbonyl (C=O) groups excluding carboxylic acids is 2. The first-order valence-electron chi connectivity index (χ1n) is 7.52. The number of anilines is 1. The third kappa shape index (κ3) is 4.70. The van der Waals surface area contributed by atoms with Crippen molar-refractivity contribution >= 4 is 29.1 Å². The molecule has 0 fully saturated rings. The Kier molecular flexibility index (Phi) is 5.61. The fourth-order valence-corrected chi connectivity index (χ4v) is 3.04. The highest BCUT2D eigenvalue weighted by molar-refractivity contribution is 8.00. The second-order valence-electron chi connectivity index (χ2n) is 5.63. The predicted octanol–water partition coefficient (Wildman–Crippen LogP) is 4.63. The van der Waals surface area contributed by atoms with Crippen LogP contribution in [0.2, 0.25) is 0 Å². The quantitative estimate of drug-likeness (QED) is 0.643. The summed E-state index contributed by atoms with van der Waals surface area (Å²) in [5.74, 6) is -0.0367.